The second-order valence-corrected chi connectivity index (χ2v) is 8.78. The van der Waals surface area contributed by atoms with E-state index in [0.29, 0.717) is 17.7 Å². The summed E-state index contributed by atoms with van der Waals surface area (Å²) in [4.78, 5) is 26.0. The molecule has 3 heterocycles. The van der Waals surface area contributed by atoms with Gasteiger partial charge in [0.1, 0.15) is 5.52 Å². The van der Waals surface area contributed by atoms with Gasteiger partial charge in [-0.3, -0.25) is 4.57 Å². The van der Waals surface area contributed by atoms with Gasteiger partial charge in [-0.2, -0.15) is 0 Å². The minimum absolute atomic E-state index is 0.0329. The van der Waals surface area contributed by atoms with Gasteiger partial charge in [0.15, 0.2) is 10.8 Å². The van der Waals surface area contributed by atoms with E-state index in [-0.39, 0.29) is 18.0 Å². The van der Waals surface area contributed by atoms with Gasteiger partial charge < -0.3 is 15.2 Å². The predicted octanol–water partition coefficient (Wildman–Crippen LogP) is 3.59. The lowest BCUT2D eigenvalue weighted by Gasteiger charge is -2.28. The van der Waals surface area contributed by atoms with Crippen molar-refractivity contribution in [2.75, 3.05) is 12.4 Å². The molecule has 1 aromatic carbocycles. The molecule has 31 heavy (non-hydrogen) atoms. The number of pyridine rings is 1. The molecule has 2 atom stereocenters. The summed E-state index contributed by atoms with van der Waals surface area (Å²) in [6.45, 7) is 0.393. The van der Waals surface area contributed by atoms with E-state index in [1.54, 1.807) is 28.2 Å². The first-order valence-electron chi connectivity index (χ1n) is 10.4. The van der Waals surface area contributed by atoms with E-state index in [0.717, 1.165) is 46.6 Å². The highest BCUT2D eigenvalue weighted by molar-refractivity contribution is 7.22. The minimum Gasteiger partial charge on any atom is -0.463 e. The van der Waals surface area contributed by atoms with Crippen LogP contribution in [-0.4, -0.2) is 49.9 Å². The van der Waals surface area contributed by atoms with E-state index in [1.165, 1.54) is 7.11 Å². The molecule has 1 fully saturated rings. The molecule has 0 bridgehead atoms. The number of carbonyl (C=O) groups is 1. The molecule has 0 aliphatic heterocycles. The first kappa shape index (κ1) is 19.9. The topological polar surface area (TPSA) is 102 Å². The fourth-order valence-electron chi connectivity index (χ4n) is 4.16. The van der Waals surface area contributed by atoms with Crippen LogP contribution in [0.3, 0.4) is 0 Å². The number of aromatic nitrogens is 4. The zero-order valence-corrected chi connectivity index (χ0v) is 17.9. The Labute approximate surface area is 182 Å². The molecule has 160 valence electrons. The number of imidazole rings is 1. The normalized spacial score (nSPS) is 19.0. The number of hydrogen-bond acceptors (Lipinski definition) is 8. The molecule has 1 aliphatic rings. The number of thiazole rings is 1. The molecule has 2 unspecified atom stereocenters. The fourth-order valence-corrected chi connectivity index (χ4v) is 5.13. The van der Waals surface area contributed by atoms with Crippen LogP contribution in [0.1, 0.15) is 41.9 Å². The molecule has 0 saturated heterocycles. The van der Waals surface area contributed by atoms with Gasteiger partial charge >= 0.3 is 5.97 Å². The molecule has 1 aliphatic carbocycles. The van der Waals surface area contributed by atoms with Crippen LogP contribution in [0.4, 0.5) is 5.13 Å². The lowest BCUT2D eigenvalue weighted by atomic mass is 9.93. The Bertz CT molecular complexity index is 1250. The summed E-state index contributed by atoms with van der Waals surface area (Å²) in [5, 5.41) is 14.5. The predicted molar refractivity (Wildman–Crippen MR) is 119 cm³/mol. The summed E-state index contributed by atoms with van der Waals surface area (Å²) in [6.07, 6.45) is 5.29. The number of nitrogens with one attached hydrogen (secondary N) is 1. The molecule has 1 saturated carbocycles. The van der Waals surface area contributed by atoms with Crippen molar-refractivity contribution < 1.29 is 14.6 Å². The highest BCUT2D eigenvalue weighted by Gasteiger charge is 2.24. The van der Waals surface area contributed by atoms with Gasteiger partial charge in [0, 0.05) is 6.20 Å². The molecule has 8 nitrogen and oxygen atoms in total. The average Bonchev–Trinajstić information content (AvgIpc) is 3.37. The standard InChI is InChI=1S/C22H23N5O3S/c1-30-21(29)20-24-15-8-5-11-23-19(15)27(20)12-13-6-4-10-17-18(13)26-22(31-17)25-14-7-2-3-9-16(14)28/h4-6,8,10-11,14,16,28H,2-3,7,9,12H2,1H3,(H,25,26). The van der Waals surface area contributed by atoms with Crippen molar-refractivity contribution in [3.05, 3.63) is 47.9 Å². The van der Waals surface area contributed by atoms with Crippen LogP contribution >= 0.6 is 11.3 Å². The van der Waals surface area contributed by atoms with Gasteiger partial charge in [-0.1, -0.05) is 36.3 Å². The monoisotopic (exact) mass is 437 g/mol. The quantitative estimate of drug-likeness (QED) is 0.460. The van der Waals surface area contributed by atoms with Crippen LogP contribution in [-0.2, 0) is 11.3 Å². The summed E-state index contributed by atoms with van der Waals surface area (Å²) in [5.41, 5.74) is 3.09. The molecule has 5 rings (SSSR count). The molecular weight excluding hydrogens is 414 g/mol. The molecule has 0 amide bonds. The summed E-state index contributed by atoms with van der Waals surface area (Å²) < 4.78 is 7.75. The summed E-state index contributed by atoms with van der Waals surface area (Å²) in [5.74, 6) is -0.288. The number of carbonyl (C=O) groups excluding carboxylic acids is 1. The maximum Gasteiger partial charge on any atom is 0.374 e. The molecule has 4 aromatic rings. The number of aliphatic hydroxyl groups excluding tert-OH is 1. The number of anilines is 1. The van der Waals surface area contributed by atoms with Crippen molar-refractivity contribution in [2.45, 2.75) is 44.4 Å². The van der Waals surface area contributed by atoms with Gasteiger partial charge in [-0.25, -0.2) is 19.7 Å². The van der Waals surface area contributed by atoms with Crippen LogP contribution in [0.15, 0.2) is 36.5 Å². The fraction of sp³-hybridized carbons (Fsp3) is 0.364. The Morgan fingerprint density at radius 3 is 2.97 bits per heavy atom. The van der Waals surface area contributed by atoms with E-state index >= 15 is 0 Å². The van der Waals surface area contributed by atoms with Crippen molar-refractivity contribution in [2.24, 2.45) is 0 Å². The second kappa shape index (κ2) is 8.24. The van der Waals surface area contributed by atoms with Crippen LogP contribution in [0.2, 0.25) is 0 Å². The van der Waals surface area contributed by atoms with E-state index < -0.39 is 5.97 Å². The number of rotatable bonds is 5. The van der Waals surface area contributed by atoms with E-state index in [9.17, 15) is 9.90 Å². The number of benzene rings is 1. The zero-order valence-electron chi connectivity index (χ0n) is 17.1. The highest BCUT2D eigenvalue weighted by atomic mass is 32.1. The van der Waals surface area contributed by atoms with Crippen LogP contribution in [0.5, 0.6) is 0 Å². The summed E-state index contributed by atoms with van der Waals surface area (Å²) >= 11 is 1.57. The third-order valence-electron chi connectivity index (χ3n) is 5.74. The number of esters is 1. The van der Waals surface area contributed by atoms with Crippen molar-refractivity contribution in [1.29, 1.82) is 0 Å². The van der Waals surface area contributed by atoms with Crippen LogP contribution < -0.4 is 5.32 Å². The number of nitrogens with zero attached hydrogens (tertiary/aromatic N) is 4. The van der Waals surface area contributed by atoms with Crippen molar-refractivity contribution >= 4 is 43.8 Å². The Kier molecular flexibility index (Phi) is 5.29. The summed E-state index contributed by atoms with van der Waals surface area (Å²) in [6, 6.07) is 9.66. The third kappa shape index (κ3) is 3.75. The maximum absolute atomic E-state index is 12.3. The number of ether oxygens (including phenoxy) is 1. The van der Waals surface area contributed by atoms with Crippen molar-refractivity contribution in [3.8, 4) is 0 Å². The zero-order chi connectivity index (χ0) is 21.4. The first-order valence-corrected chi connectivity index (χ1v) is 11.2. The Morgan fingerprint density at radius 2 is 2.13 bits per heavy atom. The Morgan fingerprint density at radius 1 is 1.26 bits per heavy atom. The molecule has 2 N–H and O–H groups in total. The molecule has 3 aromatic heterocycles. The number of hydrogen-bond donors (Lipinski definition) is 2. The number of para-hydroxylation sites is 1. The van der Waals surface area contributed by atoms with E-state index in [4.69, 9.17) is 9.72 Å². The van der Waals surface area contributed by atoms with Gasteiger partial charge in [0.05, 0.1) is 36.0 Å². The lowest BCUT2D eigenvalue weighted by molar-refractivity contribution is 0.0582. The number of aliphatic hydroxyl groups is 1. The minimum atomic E-state index is -0.503. The van der Waals surface area contributed by atoms with Crippen molar-refractivity contribution in [3.63, 3.8) is 0 Å². The van der Waals surface area contributed by atoms with Gasteiger partial charge in [-0.05, 0) is 36.6 Å². The van der Waals surface area contributed by atoms with Gasteiger partial charge in [0.2, 0.25) is 5.82 Å². The molecule has 0 spiro atoms. The van der Waals surface area contributed by atoms with Crippen LogP contribution in [0.25, 0.3) is 21.4 Å². The number of methoxy groups -OCH3 is 1. The SMILES string of the molecule is COC(=O)c1nc2cccnc2n1Cc1cccc2sc(NC3CCCCC3O)nc12. The Balaban J connectivity index is 1.51. The molecule has 9 heteroatoms. The van der Waals surface area contributed by atoms with Gasteiger partial charge in [0.25, 0.3) is 0 Å². The Hall–Kier alpha value is -3.04. The van der Waals surface area contributed by atoms with Crippen molar-refractivity contribution in [1.82, 2.24) is 19.5 Å². The molecular formula is C22H23N5O3S. The molecule has 0 radical (unpaired) electrons. The second-order valence-electron chi connectivity index (χ2n) is 7.74. The summed E-state index contributed by atoms with van der Waals surface area (Å²) in [7, 11) is 1.35. The third-order valence-corrected chi connectivity index (χ3v) is 6.69. The van der Waals surface area contributed by atoms with Gasteiger partial charge in [-0.15, -0.1) is 0 Å². The smallest absolute Gasteiger partial charge is 0.374 e. The average molecular weight is 438 g/mol. The lowest BCUT2D eigenvalue weighted by Crippen LogP contribution is -2.36. The first-order chi connectivity index (χ1) is 15.1. The maximum atomic E-state index is 12.3. The number of fused-ring (bicyclic) bond motifs is 2. The van der Waals surface area contributed by atoms with Crippen LogP contribution in [0, 0.1) is 0 Å². The highest BCUT2D eigenvalue weighted by Crippen LogP contribution is 2.31. The van der Waals surface area contributed by atoms with E-state index in [1.807, 2.05) is 24.3 Å². The largest absolute Gasteiger partial charge is 0.463 e. The van der Waals surface area contributed by atoms with E-state index in [2.05, 4.69) is 15.3 Å².